The Morgan fingerprint density at radius 2 is 2.00 bits per heavy atom. The highest BCUT2D eigenvalue weighted by atomic mass is 35.5. The maximum Gasteiger partial charge on any atom is 0.241 e. The lowest BCUT2D eigenvalue weighted by molar-refractivity contribution is 0.469. The van der Waals surface area contributed by atoms with Crippen LogP contribution in [0.25, 0.3) is 0 Å². The van der Waals surface area contributed by atoms with E-state index in [2.05, 4.69) is 4.72 Å². The summed E-state index contributed by atoms with van der Waals surface area (Å²) in [6.45, 7) is 1.64. The molecule has 6 heteroatoms. The Hall–Kier alpha value is -0.780. The van der Waals surface area contributed by atoms with E-state index in [0.717, 1.165) is 6.07 Å². The third-order valence-corrected chi connectivity index (χ3v) is 3.69. The van der Waals surface area contributed by atoms with Crippen LogP contribution in [0, 0.1) is 6.92 Å². The molecule has 0 amide bonds. The van der Waals surface area contributed by atoms with Crippen molar-refractivity contribution in [3.05, 3.63) is 22.7 Å². The molecule has 0 atom stereocenters. The van der Waals surface area contributed by atoms with E-state index >= 15 is 0 Å². The molecule has 0 saturated carbocycles. The predicted octanol–water partition coefficient (Wildman–Crippen LogP) is 1.26. The van der Waals surface area contributed by atoms with E-state index < -0.39 is 10.0 Å². The molecule has 0 heterocycles. The highest BCUT2D eigenvalue weighted by Crippen LogP contribution is 2.28. The van der Waals surface area contributed by atoms with Crippen molar-refractivity contribution in [2.45, 2.75) is 11.8 Å². The van der Waals surface area contributed by atoms with Gasteiger partial charge in [-0.25, -0.2) is 13.1 Å². The van der Waals surface area contributed by atoms with Crippen molar-refractivity contribution < 1.29 is 13.5 Å². The summed E-state index contributed by atoms with van der Waals surface area (Å²) in [6, 6.07) is 2.53. The van der Waals surface area contributed by atoms with Crippen molar-refractivity contribution in [3.63, 3.8) is 0 Å². The third-order valence-electron chi connectivity index (χ3n) is 1.81. The largest absolute Gasteiger partial charge is 0.508 e. The van der Waals surface area contributed by atoms with E-state index in [4.69, 9.17) is 11.6 Å². The molecule has 4 nitrogen and oxygen atoms in total. The first-order valence-electron chi connectivity index (χ1n) is 3.81. The van der Waals surface area contributed by atoms with Gasteiger partial charge in [0.2, 0.25) is 10.0 Å². The van der Waals surface area contributed by atoms with E-state index in [-0.39, 0.29) is 15.7 Å². The fraction of sp³-hybridized carbons (Fsp3) is 0.250. The summed E-state index contributed by atoms with van der Waals surface area (Å²) >= 11 is 5.73. The van der Waals surface area contributed by atoms with Crippen LogP contribution in [0.2, 0.25) is 5.02 Å². The standard InChI is InChI=1S/C8H10ClNO3S/c1-5-3-6(9)8(4-7(5)11)14(12,13)10-2/h3-4,10-11H,1-2H3. The lowest BCUT2D eigenvalue weighted by Gasteiger charge is -2.07. The lowest BCUT2D eigenvalue weighted by Crippen LogP contribution is -2.18. The van der Waals surface area contributed by atoms with Crippen molar-refractivity contribution in [1.82, 2.24) is 4.72 Å². The molecule has 0 aliphatic carbocycles. The second-order valence-corrected chi connectivity index (χ2v) is 5.04. The van der Waals surface area contributed by atoms with Gasteiger partial charge in [-0.3, -0.25) is 0 Å². The maximum atomic E-state index is 11.4. The van der Waals surface area contributed by atoms with Crippen LogP contribution in [0.5, 0.6) is 5.75 Å². The molecule has 0 fully saturated rings. The van der Waals surface area contributed by atoms with Gasteiger partial charge in [0, 0.05) is 6.07 Å². The minimum Gasteiger partial charge on any atom is -0.508 e. The predicted molar refractivity (Wildman–Crippen MR) is 54.1 cm³/mol. The molecule has 78 valence electrons. The number of hydrogen-bond acceptors (Lipinski definition) is 3. The molecular weight excluding hydrogens is 226 g/mol. The van der Waals surface area contributed by atoms with Crippen LogP contribution in [-0.2, 0) is 10.0 Å². The fourth-order valence-corrected chi connectivity index (χ4v) is 2.28. The first-order chi connectivity index (χ1) is 6.38. The number of sulfonamides is 1. The van der Waals surface area contributed by atoms with E-state index in [1.807, 2.05) is 0 Å². The molecule has 0 spiro atoms. The average Bonchev–Trinajstić information content (AvgIpc) is 2.11. The summed E-state index contributed by atoms with van der Waals surface area (Å²) in [5, 5.41) is 9.42. The summed E-state index contributed by atoms with van der Waals surface area (Å²) < 4.78 is 24.9. The van der Waals surface area contributed by atoms with Gasteiger partial charge in [0.25, 0.3) is 0 Å². The lowest BCUT2D eigenvalue weighted by atomic mass is 10.2. The summed E-state index contributed by atoms with van der Waals surface area (Å²) in [4.78, 5) is -0.121. The topological polar surface area (TPSA) is 66.4 Å². The molecule has 1 rings (SSSR count). The summed E-state index contributed by atoms with van der Waals surface area (Å²) in [5.74, 6) is -0.0942. The monoisotopic (exact) mass is 235 g/mol. The van der Waals surface area contributed by atoms with Crippen molar-refractivity contribution in [1.29, 1.82) is 0 Å². The molecule has 0 aliphatic rings. The molecule has 0 saturated heterocycles. The minimum atomic E-state index is -3.61. The number of halogens is 1. The molecule has 0 unspecified atom stereocenters. The zero-order valence-electron chi connectivity index (χ0n) is 7.70. The fourth-order valence-electron chi connectivity index (χ4n) is 0.958. The molecule has 0 aliphatic heterocycles. The van der Waals surface area contributed by atoms with Gasteiger partial charge in [-0.05, 0) is 25.6 Å². The van der Waals surface area contributed by atoms with Gasteiger partial charge in [0.15, 0.2) is 0 Å². The Morgan fingerprint density at radius 1 is 1.43 bits per heavy atom. The Morgan fingerprint density at radius 3 is 2.50 bits per heavy atom. The van der Waals surface area contributed by atoms with Gasteiger partial charge in [-0.1, -0.05) is 11.6 Å². The normalized spacial score (nSPS) is 11.6. The molecule has 1 aromatic rings. The van der Waals surface area contributed by atoms with Crippen LogP contribution < -0.4 is 4.72 Å². The highest BCUT2D eigenvalue weighted by Gasteiger charge is 2.17. The Labute approximate surface area is 87.6 Å². The second-order valence-electron chi connectivity index (χ2n) is 2.78. The molecular formula is C8H10ClNO3S. The van der Waals surface area contributed by atoms with Crippen LogP contribution >= 0.6 is 11.6 Å². The average molecular weight is 236 g/mol. The van der Waals surface area contributed by atoms with Crippen LogP contribution in [0.1, 0.15) is 5.56 Å². The SMILES string of the molecule is CNS(=O)(=O)c1cc(O)c(C)cc1Cl. The second kappa shape index (κ2) is 3.76. The summed E-state index contributed by atoms with van der Waals surface area (Å²) in [6.07, 6.45) is 0. The Bertz CT molecular complexity index is 456. The highest BCUT2D eigenvalue weighted by molar-refractivity contribution is 7.89. The zero-order valence-corrected chi connectivity index (χ0v) is 9.28. The number of phenols is 1. The molecule has 0 radical (unpaired) electrons. The van der Waals surface area contributed by atoms with E-state index in [9.17, 15) is 13.5 Å². The quantitative estimate of drug-likeness (QED) is 0.811. The number of rotatable bonds is 2. The Kier molecular flexibility index (Phi) is 3.04. The van der Waals surface area contributed by atoms with Crippen LogP contribution in [0.15, 0.2) is 17.0 Å². The number of benzene rings is 1. The van der Waals surface area contributed by atoms with Gasteiger partial charge >= 0.3 is 0 Å². The number of hydrogen-bond donors (Lipinski definition) is 2. The van der Waals surface area contributed by atoms with E-state index in [1.165, 1.54) is 13.1 Å². The van der Waals surface area contributed by atoms with Crippen LogP contribution in [0.4, 0.5) is 0 Å². The zero-order chi connectivity index (χ0) is 10.9. The molecule has 14 heavy (non-hydrogen) atoms. The van der Waals surface area contributed by atoms with Crippen LogP contribution in [0.3, 0.4) is 0 Å². The number of aromatic hydroxyl groups is 1. The van der Waals surface area contributed by atoms with E-state index in [0.29, 0.717) is 5.56 Å². The van der Waals surface area contributed by atoms with Gasteiger partial charge < -0.3 is 5.11 Å². The van der Waals surface area contributed by atoms with Gasteiger partial charge in [0.05, 0.1) is 5.02 Å². The van der Waals surface area contributed by atoms with Crippen molar-refractivity contribution >= 4 is 21.6 Å². The number of nitrogens with one attached hydrogen (secondary N) is 1. The van der Waals surface area contributed by atoms with Gasteiger partial charge in [-0.15, -0.1) is 0 Å². The van der Waals surface area contributed by atoms with Crippen molar-refractivity contribution in [3.8, 4) is 5.75 Å². The van der Waals surface area contributed by atoms with Gasteiger partial charge in [0.1, 0.15) is 10.6 Å². The number of phenolic OH excluding ortho intramolecular Hbond substituents is 1. The van der Waals surface area contributed by atoms with Crippen LogP contribution in [-0.4, -0.2) is 20.6 Å². The third kappa shape index (κ3) is 2.00. The summed E-state index contributed by atoms with van der Waals surface area (Å²) in [7, 11) is -2.33. The molecule has 0 aromatic heterocycles. The first kappa shape index (κ1) is 11.3. The van der Waals surface area contributed by atoms with Crippen molar-refractivity contribution in [2.75, 3.05) is 7.05 Å². The molecule has 2 N–H and O–H groups in total. The molecule has 1 aromatic carbocycles. The van der Waals surface area contributed by atoms with E-state index in [1.54, 1.807) is 6.92 Å². The first-order valence-corrected chi connectivity index (χ1v) is 5.67. The number of aryl methyl sites for hydroxylation is 1. The minimum absolute atomic E-state index is 0.0923. The molecule has 0 bridgehead atoms. The summed E-state index contributed by atoms with van der Waals surface area (Å²) in [5.41, 5.74) is 0.532. The van der Waals surface area contributed by atoms with Crippen molar-refractivity contribution in [2.24, 2.45) is 0 Å². The maximum absolute atomic E-state index is 11.4. The van der Waals surface area contributed by atoms with Gasteiger partial charge in [-0.2, -0.15) is 0 Å². The Balaban J connectivity index is 3.45. The smallest absolute Gasteiger partial charge is 0.241 e.